The molecular weight excluding hydrogens is 240 g/mol. The van der Waals surface area contributed by atoms with Gasteiger partial charge in [0.05, 0.1) is 11.7 Å². The molecule has 2 aliphatic rings. The van der Waals surface area contributed by atoms with E-state index in [0.29, 0.717) is 19.4 Å². The van der Waals surface area contributed by atoms with Gasteiger partial charge < -0.3 is 15.2 Å². The zero-order valence-corrected chi connectivity index (χ0v) is 10.9. The largest absolute Gasteiger partial charge is 0.492 e. The monoisotopic (exact) mass is 258 g/mol. The summed E-state index contributed by atoms with van der Waals surface area (Å²) in [4.78, 5) is 0. The molecule has 4 nitrogen and oxygen atoms in total. The van der Waals surface area contributed by atoms with Crippen molar-refractivity contribution in [2.75, 3.05) is 19.7 Å². The number of rotatable bonds is 1. The number of hydrogen-bond donors (Lipinski definition) is 2. The van der Waals surface area contributed by atoms with E-state index in [-0.39, 0.29) is 6.61 Å². The van der Waals surface area contributed by atoms with Gasteiger partial charge in [-0.3, -0.25) is 0 Å². The second-order valence-corrected chi connectivity index (χ2v) is 5.58. The molecule has 0 spiro atoms. The van der Waals surface area contributed by atoms with E-state index in [2.05, 4.69) is 11.4 Å². The molecule has 0 saturated carbocycles. The van der Waals surface area contributed by atoms with Gasteiger partial charge in [0.1, 0.15) is 17.8 Å². The Morgan fingerprint density at radius 1 is 1.37 bits per heavy atom. The van der Waals surface area contributed by atoms with Crippen LogP contribution in [0.15, 0.2) is 24.3 Å². The van der Waals surface area contributed by atoms with E-state index < -0.39 is 11.0 Å². The Morgan fingerprint density at radius 2 is 2.21 bits per heavy atom. The number of aliphatic hydroxyl groups is 1. The molecule has 2 unspecified atom stereocenters. The first kappa shape index (κ1) is 12.5. The van der Waals surface area contributed by atoms with Gasteiger partial charge in [-0.1, -0.05) is 18.2 Å². The smallest absolute Gasteiger partial charge is 0.125 e. The minimum atomic E-state index is -1.01. The Hall–Kier alpha value is -1.57. The van der Waals surface area contributed by atoms with Crippen LogP contribution in [0.1, 0.15) is 18.4 Å². The highest BCUT2D eigenvalue weighted by Gasteiger charge is 2.53. The number of para-hydroxylation sites is 1. The van der Waals surface area contributed by atoms with E-state index in [1.54, 1.807) is 0 Å². The summed E-state index contributed by atoms with van der Waals surface area (Å²) in [7, 11) is 0. The van der Waals surface area contributed by atoms with Gasteiger partial charge >= 0.3 is 0 Å². The van der Waals surface area contributed by atoms with E-state index in [4.69, 9.17) is 4.74 Å². The number of β-amino-alcohol motifs (C(OH)–C–C–N with tert-alkyl or cyclic N) is 1. The topological polar surface area (TPSA) is 65.3 Å². The van der Waals surface area contributed by atoms with Crippen molar-refractivity contribution in [3.8, 4) is 11.8 Å². The van der Waals surface area contributed by atoms with E-state index in [1.165, 1.54) is 0 Å². The fraction of sp³-hybridized carbons (Fsp3) is 0.533. The standard InChI is InChI=1S/C15H18N2O2/c16-9-14(15(18)6-3-7-17-10-15)8-12-4-1-2-5-13(12)19-11-14/h1-2,4-5,17-18H,3,6-8,10-11H2. The van der Waals surface area contributed by atoms with Crippen LogP contribution in [0.5, 0.6) is 5.75 Å². The van der Waals surface area contributed by atoms with Crippen LogP contribution in [0.25, 0.3) is 0 Å². The molecule has 1 aromatic carbocycles. The summed E-state index contributed by atoms with van der Waals surface area (Å²) in [5.74, 6) is 0.834. The third-order valence-corrected chi connectivity index (χ3v) is 4.41. The summed E-state index contributed by atoms with van der Waals surface area (Å²) in [5, 5.41) is 23.8. The van der Waals surface area contributed by atoms with Crippen LogP contribution in [0, 0.1) is 16.7 Å². The highest BCUT2D eigenvalue weighted by molar-refractivity contribution is 5.39. The number of nitrogens with one attached hydrogen (secondary N) is 1. The van der Waals surface area contributed by atoms with Crippen molar-refractivity contribution in [1.29, 1.82) is 5.26 Å². The molecular formula is C15H18N2O2. The van der Waals surface area contributed by atoms with Gasteiger partial charge in [0.2, 0.25) is 0 Å². The molecule has 2 N–H and O–H groups in total. The molecule has 1 aromatic rings. The predicted octanol–water partition coefficient (Wildman–Crippen LogP) is 1.25. The zero-order valence-electron chi connectivity index (χ0n) is 10.9. The summed E-state index contributed by atoms with van der Waals surface area (Å²) in [6.07, 6.45) is 2.10. The second-order valence-electron chi connectivity index (χ2n) is 5.58. The summed E-state index contributed by atoms with van der Waals surface area (Å²) in [6.45, 7) is 1.63. The lowest BCUT2D eigenvalue weighted by atomic mass is 9.65. The van der Waals surface area contributed by atoms with E-state index in [1.807, 2.05) is 24.3 Å². The van der Waals surface area contributed by atoms with Gasteiger partial charge in [0.25, 0.3) is 0 Å². The molecule has 4 heteroatoms. The van der Waals surface area contributed by atoms with Crippen LogP contribution < -0.4 is 10.1 Å². The number of hydrogen-bond acceptors (Lipinski definition) is 4. The number of benzene rings is 1. The molecule has 0 radical (unpaired) electrons. The summed E-state index contributed by atoms with van der Waals surface area (Å²) < 4.78 is 5.74. The maximum absolute atomic E-state index is 10.9. The van der Waals surface area contributed by atoms with Crippen LogP contribution in [-0.2, 0) is 6.42 Å². The number of nitrogens with zero attached hydrogens (tertiary/aromatic N) is 1. The molecule has 0 aromatic heterocycles. The van der Waals surface area contributed by atoms with Crippen LogP contribution in [-0.4, -0.2) is 30.4 Å². The van der Waals surface area contributed by atoms with Gasteiger partial charge in [0.15, 0.2) is 0 Å². The van der Waals surface area contributed by atoms with Crippen molar-refractivity contribution in [1.82, 2.24) is 5.32 Å². The first-order valence-electron chi connectivity index (χ1n) is 6.74. The lowest BCUT2D eigenvalue weighted by Gasteiger charge is -2.46. The number of nitriles is 1. The molecule has 0 aliphatic carbocycles. The first-order chi connectivity index (χ1) is 9.19. The number of fused-ring (bicyclic) bond motifs is 1. The van der Waals surface area contributed by atoms with Crippen molar-refractivity contribution in [3.05, 3.63) is 29.8 Å². The SMILES string of the molecule is N#CC1(C2(O)CCCNC2)COc2ccccc2C1. The Balaban J connectivity index is 1.96. The van der Waals surface area contributed by atoms with Crippen LogP contribution in [0.4, 0.5) is 0 Å². The number of ether oxygens (including phenoxy) is 1. The van der Waals surface area contributed by atoms with E-state index in [9.17, 15) is 10.4 Å². The maximum atomic E-state index is 10.9. The van der Waals surface area contributed by atoms with Crippen molar-refractivity contribution < 1.29 is 9.84 Å². The molecule has 0 bridgehead atoms. The molecule has 1 fully saturated rings. The lowest BCUT2D eigenvalue weighted by molar-refractivity contribution is -0.0935. The fourth-order valence-corrected chi connectivity index (χ4v) is 3.14. The maximum Gasteiger partial charge on any atom is 0.125 e. The quantitative estimate of drug-likeness (QED) is 0.795. The van der Waals surface area contributed by atoms with Gasteiger partial charge in [0, 0.05) is 13.0 Å². The molecule has 19 heavy (non-hydrogen) atoms. The molecule has 3 rings (SSSR count). The highest BCUT2D eigenvalue weighted by atomic mass is 16.5. The van der Waals surface area contributed by atoms with Crippen molar-refractivity contribution in [3.63, 3.8) is 0 Å². The molecule has 100 valence electrons. The molecule has 1 saturated heterocycles. The average Bonchev–Trinajstić information content (AvgIpc) is 2.47. The Labute approximate surface area is 113 Å². The summed E-state index contributed by atoms with van der Waals surface area (Å²) in [6, 6.07) is 10.1. The minimum Gasteiger partial charge on any atom is -0.492 e. The van der Waals surface area contributed by atoms with Crippen molar-refractivity contribution in [2.45, 2.75) is 24.9 Å². The van der Waals surface area contributed by atoms with Crippen LogP contribution in [0.3, 0.4) is 0 Å². The minimum absolute atomic E-state index is 0.263. The summed E-state index contributed by atoms with van der Waals surface area (Å²) >= 11 is 0. The Kier molecular flexibility index (Phi) is 2.96. The Bertz CT molecular complexity index is 517. The van der Waals surface area contributed by atoms with Crippen LogP contribution in [0.2, 0.25) is 0 Å². The first-order valence-corrected chi connectivity index (χ1v) is 6.74. The third kappa shape index (κ3) is 1.90. The van der Waals surface area contributed by atoms with E-state index in [0.717, 1.165) is 24.3 Å². The lowest BCUT2D eigenvalue weighted by Crippen LogP contribution is -2.60. The van der Waals surface area contributed by atoms with Crippen molar-refractivity contribution in [2.24, 2.45) is 5.41 Å². The van der Waals surface area contributed by atoms with Gasteiger partial charge in [-0.25, -0.2) is 0 Å². The normalized spacial score (nSPS) is 33.9. The van der Waals surface area contributed by atoms with E-state index >= 15 is 0 Å². The Morgan fingerprint density at radius 3 is 2.95 bits per heavy atom. The third-order valence-electron chi connectivity index (χ3n) is 4.41. The van der Waals surface area contributed by atoms with Gasteiger partial charge in [-0.05, 0) is 31.0 Å². The summed E-state index contributed by atoms with van der Waals surface area (Å²) in [5.41, 5.74) is -0.850. The second kappa shape index (κ2) is 4.52. The highest BCUT2D eigenvalue weighted by Crippen LogP contribution is 2.44. The predicted molar refractivity (Wildman–Crippen MR) is 70.7 cm³/mol. The molecule has 2 heterocycles. The average molecular weight is 258 g/mol. The van der Waals surface area contributed by atoms with Crippen molar-refractivity contribution >= 4 is 0 Å². The fourth-order valence-electron chi connectivity index (χ4n) is 3.14. The number of piperidine rings is 1. The van der Waals surface area contributed by atoms with Gasteiger partial charge in [-0.2, -0.15) is 5.26 Å². The molecule has 2 atom stereocenters. The van der Waals surface area contributed by atoms with Crippen LogP contribution >= 0.6 is 0 Å². The molecule has 2 aliphatic heterocycles. The zero-order chi connectivity index (χ0) is 13.3. The van der Waals surface area contributed by atoms with Gasteiger partial charge in [-0.15, -0.1) is 0 Å². The molecule has 0 amide bonds.